The Morgan fingerprint density at radius 3 is 2.30 bits per heavy atom. The highest BCUT2D eigenvalue weighted by molar-refractivity contribution is 5.82. The number of nitrogens with zero attached hydrogens (tertiary/aromatic N) is 1. The quantitative estimate of drug-likeness (QED) is 0.429. The van der Waals surface area contributed by atoms with Gasteiger partial charge in [-0.05, 0) is 69.9 Å². The molecule has 1 atom stereocenters. The summed E-state index contributed by atoms with van der Waals surface area (Å²) in [5, 5.41) is 3.15. The number of ether oxygens (including phenoxy) is 1. The molecule has 180 valence electrons. The van der Waals surface area contributed by atoms with Gasteiger partial charge in [-0.1, -0.05) is 55.8 Å². The summed E-state index contributed by atoms with van der Waals surface area (Å²) in [6.07, 6.45) is 2.87. The fourth-order valence-electron chi connectivity index (χ4n) is 3.61. The molecule has 2 aromatic rings. The fraction of sp³-hybridized carbons (Fsp3) is 0.464. The van der Waals surface area contributed by atoms with E-state index in [2.05, 4.69) is 68.3 Å². The second-order valence-corrected chi connectivity index (χ2v) is 10.0. The van der Waals surface area contributed by atoms with Crippen molar-refractivity contribution in [3.63, 3.8) is 0 Å². The molecule has 0 bridgehead atoms. The van der Waals surface area contributed by atoms with Crippen LogP contribution in [-0.4, -0.2) is 30.6 Å². The zero-order chi connectivity index (χ0) is 24.4. The Kier molecular flexibility index (Phi) is 9.98. The molecule has 2 aromatic carbocycles. The predicted molar refractivity (Wildman–Crippen MR) is 139 cm³/mol. The average Bonchev–Trinajstić information content (AvgIpc) is 2.75. The molecule has 0 aliphatic carbocycles. The van der Waals surface area contributed by atoms with Crippen LogP contribution in [0.25, 0.3) is 0 Å². The number of allylic oxidation sites excluding steroid dienone is 1. The number of rotatable bonds is 12. The molecule has 0 aromatic heterocycles. The van der Waals surface area contributed by atoms with E-state index in [-0.39, 0.29) is 5.91 Å². The molecule has 0 saturated carbocycles. The van der Waals surface area contributed by atoms with Gasteiger partial charge >= 0.3 is 0 Å². The van der Waals surface area contributed by atoms with Gasteiger partial charge in [0, 0.05) is 18.8 Å². The van der Waals surface area contributed by atoms with E-state index in [1.54, 1.807) is 0 Å². The molecule has 0 aliphatic rings. The second-order valence-electron chi connectivity index (χ2n) is 10.0. The van der Waals surface area contributed by atoms with Gasteiger partial charge in [-0.2, -0.15) is 0 Å². The molecule has 0 saturated heterocycles. The van der Waals surface area contributed by atoms with Crippen LogP contribution in [0.15, 0.2) is 66.2 Å². The average molecular weight is 452 g/mol. The first-order valence-electron chi connectivity index (χ1n) is 11.8. The van der Waals surface area contributed by atoms with Crippen LogP contribution in [-0.2, 0) is 11.4 Å². The van der Waals surface area contributed by atoms with Crippen molar-refractivity contribution >= 4 is 11.6 Å². The fourth-order valence-corrected chi connectivity index (χ4v) is 3.61. The lowest BCUT2D eigenvalue weighted by Gasteiger charge is -2.35. The smallest absolute Gasteiger partial charge is 0.237 e. The van der Waals surface area contributed by atoms with Crippen LogP contribution in [0, 0.1) is 5.92 Å². The Hall–Kier alpha value is -2.79. The van der Waals surface area contributed by atoms with E-state index in [1.807, 2.05) is 44.2 Å². The van der Waals surface area contributed by atoms with Crippen LogP contribution in [0.4, 0.5) is 5.69 Å². The molecule has 33 heavy (non-hydrogen) atoms. The largest absolute Gasteiger partial charge is 0.489 e. The number of benzene rings is 2. The molecule has 5 heteroatoms. The first-order valence-corrected chi connectivity index (χ1v) is 11.8. The van der Waals surface area contributed by atoms with E-state index in [0.29, 0.717) is 25.5 Å². The Morgan fingerprint density at radius 1 is 1.09 bits per heavy atom. The summed E-state index contributed by atoms with van der Waals surface area (Å²) in [4.78, 5) is 14.9. The van der Waals surface area contributed by atoms with Crippen molar-refractivity contribution < 1.29 is 9.53 Å². The lowest BCUT2D eigenvalue weighted by Crippen LogP contribution is -2.55. The Balaban J connectivity index is 2.08. The van der Waals surface area contributed by atoms with Crippen LogP contribution < -0.4 is 20.7 Å². The minimum atomic E-state index is -0.489. The molecule has 0 heterocycles. The summed E-state index contributed by atoms with van der Waals surface area (Å²) >= 11 is 0. The van der Waals surface area contributed by atoms with Gasteiger partial charge < -0.3 is 20.7 Å². The molecule has 1 amide bonds. The molecular weight excluding hydrogens is 410 g/mol. The van der Waals surface area contributed by atoms with Crippen molar-refractivity contribution in [3.8, 4) is 5.75 Å². The summed E-state index contributed by atoms with van der Waals surface area (Å²) in [7, 11) is 0. The van der Waals surface area contributed by atoms with Gasteiger partial charge in [0.2, 0.25) is 5.91 Å². The number of anilines is 1. The molecule has 0 spiro atoms. The van der Waals surface area contributed by atoms with Crippen molar-refractivity contribution in [2.45, 2.75) is 66.2 Å². The first kappa shape index (κ1) is 26.5. The number of hydrogen-bond donors (Lipinski definition) is 2. The molecule has 5 nitrogen and oxygen atoms in total. The number of amides is 1. The molecule has 0 radical (unpaired) electrons. The SMILES string of the molecule is CC(C)=CCN(CC(C)(C)NC(=O)C(N)CC(C)C)c1ccc(OCc2ccccc2)cc1. The van der Waals surface area contributed by atoms with E-state index < -0.39 is 11.6 Å². The summed E-state index contributed by atoms with van der Waals surface area (Å²) < 4.78 is 5.94. The van der Waals surface area contributed by atoms with Crippen LogP contribution in [0.5, 0.6) is 5.75 Å². The third kappa shape index (κ3) is 9.70. The summed E-state index contributed by atoms with van der Waals surface area (Å²) in [6, 6.07) is 17.8. The molecular formula is C28H41N3O2. The van der Waals surface area contributed by atoms with E-state index in [4.69, 9.17) is 10.5 Å². The van der Waals surface area contributed by atoms with Crippen molar-refractivity contribution in [3.05, 3.63) is 71.8 Å². The van der Waals surface area contributed by atoms with Gasteiger partial charge in [0.1, 0.15) is 12.4 Å². The summed E-state index contributed by atoms with van der Waals surface area (Å²) in [6.45, 7) is 14.4. The topological polar surface area (TPSA) is 67.6 Å². The van der Waals surface area contributed by atoms with Gasteiger partial charge in [0.15, 0.2) is 0 Å². The first-order chi connectivity index (χ1) is 15.6. The second kappa shape index (κ2) is 12.4. The van der Waals surface area contributed by atoms with Crippen LogP contribution >= 0.6 is 0 Å². The molecule has 3 N–H and O–H groups in total. The molecule has 0 aliphatic heterocycles. The van der Waals surface area contributed by atoms with E-state index >= 15 is 0 Å². The van der Waals surface area contributed by atoms with Gasteiger partial charge in [0.25, 0.3) is 0 Å². The van der Waals surface area contributed by atoms with E-state index in [1.165, 1.54) is 5.57 Å². The van der Waals surface area contributed by atoms with Crippen LogP contribution in [0.2, 0.25) is 0 Å². The zero-order valence-corrected chi connectivity index (χ0v) is 21.1. The number of carbonyl (C=O) groups is 1. The van der Waals surface area contributed by atoms with Gasteiger partial charge in [0.05, 0.1) is 11.6 Å². The van der Waals surface area contributed by atoms with E-state index in [9.17, 15) is 4.79 Å². The van der Waals surface area contributed by atoms with Crippen molar-refractivity contribution in [2.75, 3.05) is 18.0 Å². The zero-order valence-electron chi connectivity index (χ0n) is 21.1. The Labute approximate surface area is 200 Å². The number of carbonyl (C=O) groups excluding carboxylic acids is 1. The number of hydrogen-bond acceptors (Lipinski definition) is 4. The minimum Gasteiger partial charge on any atom is -0.489 e. The maximum Gasteiger partial charge on any atom is 0.237 e. The van der Waals surface area contributed by atoms with Crippen molar-refractivity contribution in [2.24, 2.45) is 11.7 Å². The maximum atomic E-state index is 12.6. The lowest BCUT2D eigenvalue weighted by molar-refractivity contribution is -0.124. The number of nitrogens with two attached hydrogens (primary N) is 1. The third-order valence-electron chi connectivity index (χ3n) is 5.28. The highest BCUT2D eigenvalue weighted by atomic mass is 16.5. The van der Waals surface area contributed by atoms with Gasteiger partial charge in [-0.25, -0.2) is 0 Å². The van der Waals surface area contributed by atoms with Crippen molar-refractivity contribution in [1.29, 1.82) is 0 Å². The maximum absolute atomic E-state index is 12.6. The summed E-state index contributed by atoms with van der Waals surface area (Å²) in [5.41, 5.74) is 9.13. The normalized spacial score (nSPS) is 12.2. The van der Waals surface area contributed by atoms with Crippen LogP contribution in [0.3, 0.4) is 0 Å². The third-order valence-corrected chi connectivity index (χ3v) is 5.28. The Bertz CT molecular complexity index is 885. The summed E-state index contributed by atoms with van der Waals surface area (Å²) in [5.74, 6) is 1.11. The lowest BCUT2D eigenvalue weighted by atomic mass is 10.00. The van der Waals surface area contributed by atoms with Gasteiger partial charge in [-0.15, -0.1) is 0 Å². The Morgan fingerprint density at radius 2 is 1.73 bits per heavy atom. The standard InChI is InChI=1S/C28H41N3O2/c1-21(2)16-17-31(20-28(5,6)30-27(32)26(29)18-22(3)4)24-12-14-25(15-13-24)33-19-23-10-8-7-9-11-23/h7-16,22,26H,17-20,29H2,1-6H3,(H,30,32). The number of nitrogens with one attached hydrogen (secondary N) is 1. The van der Waals surface area contributed by atoms with Crippen LogP contribution in [0.1, 0.15) is 53.5 Å². The minimum absolute atomic E-state index is 0.0967. The highest BCUT2D eigenvalue weighted by Crippen LogP contribution is 2.22. The monoisotopic (exact) mass is 451 g/mol. The van der Waals surface area contributed by atoms with E-state index in [0.717, 1.165) is 23.5 Å². The molecule has 0 fully saturated rings. The molecule has 2 rings (SSSR count). The highest BCUT2D eigenvalue weighted by Gasteiger charge is 2.26. The molecule has 1 unspecified atom stereocenters. The van der Waals surface area contributed by atoms with Crippen molar-refractivity contribution in [1.82, 2.24) is 5.32 Å². The predicted octanol–water partition coefficient (Wildman–Crippen LogP) is 5.31. The van der Waals surface area contributed by atoms with Gasteiger partial charge in [-0.3, -0.25) is 4.79 Å².